The smallest absolute Gasteiger partial charge is 0.167 e. The van der Waals surface area contributed by atoms with E-state index in [0.29, 0.717) is 5.52 Å². The fourth-order valence-electron chi connectivity index (χ4n) is 4.03. The maximum Gasteiger partial charge on any atom is 0.167 e. The Morgan fingerprint density at radius 1 is 1.19 bits per heavy atom. The molecule has 0 bridgehead atoms. The van der Waals surface area contributed by atoms with Gasteiger partial charge in [-0.15, -0.1) is 0 Å². The van der Waals surface area contributed by atoms with Crippen molar-refractivity contribution >= 4 is 16.6 Å². The lowest BCUT2D eigenvalue weighted by Gasteiger charge is -2.38. The maximum absolute atomic E-state index is 14.0. The summed E-state index contributed by atoms with van der Waals surface area (Å²) < 4.78 is 24.6. The van der Waals surface area contributed by atoms with E-state index in [9.17, 15) is 4.39 Å². The Labute approximate surface area is 153 Å². The number of rotatable bonds is 4. The number of fused-ring (bicyclic) bond motifs is 1. The molecule has 2 fully saturated rings. The average molecular weight is 359 g/mol. The first-order valence-electron chi connectivity index (χ1n) is 9.42. The number of benzene rings is 1. The molecular formula is C20H26FN3O2. The summed E-state index contributed by atoms with van der Waals surface area (Å²) >= 11 is 0. The Morgan fingerprint density at radius 2 is 1.96 bits per heavy atom. The molecule has 0 saturated carbocycles. The van der Waals surface area contributed by atoms with E-state index in [1.165, 1.54) is 32.6 Å². The molecule has 1 aromatic heterocycles. The third kappa shape index (κ3) is 3.62. The molecule has 140 valence electrons. The van der Waals surface area contributed by atoms with E-state index in [4.69, 9.17) is 9.47 Å². The summed E-state index contributed by atoms with van der Waals surface area (Å²) in [6.07, 6.45) is 4.12. The molecule has 0 atom stereocenters. The summed E-state index contributed by atoms with van der Waals surface area (Å²) in [4.78, 5) is 9.26. The summed E-state index contributed by atoms with van der Waals surface area (Å²) in [5.74, 6) is 0.667. The fraction of sp³-hybridized carbons (Fsp3) is 0.550. The van der Waals surface area contributed by atoms with Gasteiger partial charge < -0.3 is 14.4 Å². The minimum absolute atomic E-state index is 0.268. The van der Waals surface area contributed by atoms with Crippen molar-refractivity contribution in [2.45, 2.75) is 12.8 Å². The molecule has 4 rings (SSSR count). The summed E-state index contributed by atoms with van der Waals surface area (Å²) in [6.45, 7) is 7.05. The van der Waals surface area contributed by atoms with Gasteiger partial charge in [-0.25, -0.2) is 4.39 Å². The lowest BCUT2D eigenvalue weighted by molar-refractivity contribution is 0.0517. The number of hydrogen-bond donors (Lipinski definition) is 0. The van der Waals surface area contributed by atoms with Crippen molar-refractivity contribution in [1.82, 2.24) is 9.88 Å². The third-order valence-corrected chi connectivity index (χ3v) is 5.56. The van der Waals surface area contributed by atoms with Crippen LogP contribution in [0.5, 0.6) is 5.75 Å². The van der Waals surface area contributed by atoms with Crippen LogP contribution in [-0.2, 0) is 4.74 Å². The van der Waals surface area contributed by atoms with Gasteiger partial charge in [-0.2, -0.15) is 0 Å². The molecule has 0 aliphatic carbocycles. The molecule has 26 heavy (non-hydrogen) atoms. The number of halogens is 1. The number of nitrogens with zero attached hydrogens (tertiary/aromatic N) is 3. The van der Waals surface area contributed by atoms with Crippen molar-refractivity contribution < 1.29 is 13.9 Å². The summed E-state index contributed by atoms with van der Waals surface area (Å²) in [5, 5.41) is 0.948. The number of hydrogen-bond acceptors (Lipinski definition) is 5. The second-order valence-electron chi connectivity index (χ2n) is 7.18. The van der Waals surface area contributed by atoms with Crippen LogP contribution in [0.4, 0.5) is 10.1 Å². The standard InChI is InChI=1S/C20H26FN3O2/c1-25-20-12-16-18(13-17(20)21)22-5-2-19(16)24-8-6-23(7-9-24)14-15-3-10-26-11-4-15/h2,5,12-13,15H,3-4,6-11,14H2,1H3. The van der Waals surface area contributed by atoms with Crippen LogP contribution in [0.2, 0.25) is 0 Å². The predicted molar refractivity (Wildman–Crippen MR) is 100 cm³/mol. The molecule has 2 aromatic rings. The van der Waals surface area contributed by atoms with Crippen LogP contribution in [0.25, 0.3) is 10.9 Å². The summed E-state index contributed by atoms with van der Waals surface area (Å²) in [7, 11) is 1.50. The summed E-state index contributed by atoms with van der Waals surface area (Å²) in [5.41, 5.74) is 1.78. The highest BCUT2D eigenvalue weighted by atomic mass is 19.1. The molecule has 1 aromatic carbocycles. The molecule has 6 heteroatoms. The van der Waals surface area contributed by atoms with Gasteiger partial charge in [-0.05, 0) is 30.9 Å². The number of ether oxygens (including phenoxy) is 2. The monoisotopic (exact) mass is 359 g/mol. The normalized spacial score (nSPS) is 19.8. The van der Waals surface area contributed by atoms with Gasteiger partial charge >= 0.3 is 0 Å². The van der Waals surface area contributed by atoms with Crippen molar-refractivity contribution in [3.05, 3.63) is 30.2 Å². The van der Waals surface area contributed by atoms with E-state index in [1.54, 1.807) is 12.3 Å². The minimum Gasteiger partial charge on any atom is -0.494 e. The van der Waals surface area contributed by atoms with Crippen molar-refractivity contribution in [3.63, 3.8) is 0 Å². The maximum atomic E-state index is 14.0. The van der Waals surface area contributed by atoms with Crippen LogP contribution in [0.3, 0.4) is 0 Å². The van der Waals surface area contributed by atoms with Crippen LogP contribution in [0, 0.1) is 11.7 Å². The third-order valence-electron chi connectivity index (χ3n) is 5.56. The Morgan fingerprint density at radius 3 is 2.69 bits per heavy atom. The molecule has 3 heterocycles. The topological polar surface area (TPSA) is 37.8 Å². The van der Waals surface area contributed by atoms with Gasteiger partial charge in [0.05, 0.1) is 12.6 Å². The van der Waals surface area contributed by atoms with Crippen molar-refractivity contribution in [1.29, 1.82) is 0 Å². The highest BCUT2D eigenvalue weighted by molar-refractivity contribution is 5.92. The van der Waals surface area contributed by atoms with Gasteiger partial charge in [0.15, 0.2) is 11.6 Å². The van der Waals surface area contributed by atoms with Crippen LogP contribution < -0.4 is 9.64 Å². The van der Waals surface area contributed by atoms with E-state index >= 15 is 0 Å². The second-order valence-corrected chi connectivity index (χ2v) is 7.18. The zero-order valence-electron chi connectivity index (χ0n) is 15.3. The Balaban J connectivity index is 1.47. The Hall–Kier alpha value is -1.92. The van der Waals surface area contributed by atoms with Gasteiger partial charge in [-0.1, -0.05) is 0 Å². The number of aromatic nitrogens is 1. The first-order valence-corrected chi connectivity index (χ1v) is 9.42. The average Bonchev–Trinajstić information content (AvgIpc) is 2.68. The van der Waals surface area contributed by atoms with E-state index < -0.39 is 0 Å². The SMILES string of the molecule is COc1cc2c(N3CCN(CC4CCOCC4)CC3)ccnc2cc1F. The number of methoxy groups -OCH3 is 1. The van der Waals surface area contributed by atoms with Crippen LogP contribution in [-0.4, -0.2) is 62.9 Å². The molecule has 0 N–H and O–H groups in total. The van der Waals surface area contributed by atoms with Gasteiger partial charge in [0.2, 0.25) is 0 Å². The van der Waals surface area contributed by atoms with Gasteiger partial charge in [0.25, 0.3) is 0 Å². The van der Waals surface area contributed by atoms with Crippen LogP contribution in [0.1, 0.15) is 12.8 Å². The predicted octanol–water partition coefficient (Wildman–Crippen LogP) is 2.93. The molecule has 2 aliphatic rings. The van der Waals surface area contributed by atoms with E-state index in [2.05, 4.69) is 14.8 Å². The van der Waals surface area contributed by atoms with Crippen molar-refractivity contribution in [3.8, 4) is 5.75 Å². The molecule has 5 nitrogen and oxygen atoms in total. The molecule has 0 amide bonds. The lowest BCUT2D eigenvalue weighted by atomic mass is 9.99. The van der Waals surface area contributed by atoms with Crippen molar-refractivity contribution in [2.75, 3.05) is 57.9 Å². The van der Waals surface area contributed by atoms with E-state index in [1.807, 2.05) is 6.07 Å². The first kappa shape index (κ1) is 17.5. The Kier molecular flexibility index (Phi) is 5.22. The highest BCUT2D eigenvalue weighted by Gasteiger charge is 2.23. The Bertz CT molecular complexity index is 756. The zero-order chi connectivity index (χ0) is 17.9. The highest BCUT2D eigenvalue weighted by Crippen LogP contribution is 2.31. The fourth-order valence-corrected chi connectivity index (χ4v) is 4.03. The molecular weight excluding hydrogens is 333 g/mol. The number of piperazine rings is 1. The number of pyridine rings is 1. The number of anilines is 1. The van der Waals surface area contributed by atoms with E-state index in [0.717, 1.165) is 56.4 Å². The van der Waals surface area contributed by atoms with Crippen molar-refractivity contribution in [2.24, 2.45) is 5.92 Å². The largest absolute Gasteiger partial charge is 0.494 e. The first-order chi connectivity index (χ1) is 12.7. The second kappa shape index (κ2) is 7.76. The zero-order valence-corrected chi connectivity index (χ0v) is 15.3. The van der Waals surface area contributed by atoms with Crippen LogP contribution in [0.15, 0.2) is 24.4 Å². The summed E-state index contributed by atoms with van der Waals surface area (Å²) in [6, 6.07) is 5.24. The molecule has 2 aliphatic heterocycles. The quantitative estimate of drug-likeness (QED) is 0.839. The van der Waals surface area contributed by atoms with Crippen LogP contribution >= 0.6 is 0 Å². The molecule has 0 radical (unpaired) electrons. The molecule has 0 spiro atoms. The van der Waals surface area contributed by atoms with Gasteiger partial charge in [-0.3, -0.25) is 9.88 Å². The van der Waals surface area contributed by atoms with Gasteiger partial charge in [0, 0.05) is 69.3 Å². The molecule has 2 saturated heterocycles. The van der Waals surface area contributed by atoms with E-state index in [-0.39, 0.29) is 11.6 Å². The lowest BCUT2D eigenvalue weighted by Crippen LogP contribution is -2.48. The van der Waals surface area contributed by atoms with Gasteiger partial charge in [0.1, 0.15) is 0 Å². The minimum atomic E-state index is -0.370. The molecule has 0 unspecified atom stereocenters.